The van der Waals surface area contributed by atoms with Gasteiger partial charge in [-0.05, 0) is 48.0 Å². The number of phenolic OH excluding ortho intramolecular Hbond substituents is 1. The van der Waals surface area contributed by atoms with Crippen molar-refractivity contribution in [2.45, 2.75) is 0 Å². The zero-order chi connectivity index (χ0) is 27.3. The van der Waals surface area contributed by atoms with Crippen LogP contribution in [0, 0.1) is 11.8 Å². The van der Waals surface area contributed by atoms with Crippen LogP contribution in [-0.2, 0) is 0 Å². The highest BCUT2D eigenvalue weighted by atomic mass is 16.3. The average Bonchev–Trinajstić information content (AvgIpc) is 3.55. The number of phenols is 1. The SMILES string of the molecule is Oc1cc2oc3ccccc3c2c(-c2ccccc2)c1C#Cc1ccc2c(c1)c1ccccc1n2-c1ccccc1. The third-order valence-electron chi connectivity index (χ3n) is 7.73. The predicted octanol–water partition coefficient (Wildman–Crippen LogP) is 9.46. The van der Waals surface area contributed by atoms with Crippen LogP contribution in [0.1, 0.15) is 11.1 Å². The van der Waals surface area contributed by atoms with E-state index >= 15 is 0 Å². The summed E-state index contributed by atoms with van der Waals surface area (Å²) in [5.74, 6) is 6.82. The van der Waals surface area contributed by atoms with Gasteiger partial charge in [0.1, 0.15) is 16.9 Å². The second-order valence-corrected chi connectivity index (χ2v) is 10.2. The number of hydrogen-bond acceptors (Lipinski definition) is 2. The van der Waals surface area contributed by atoms with Crippen LogP contribution in [0.4, 0.5) is 0 Å². The summed E-state index contributed by atoms with van der Waals surface area (Å²) in [6, 6.07) is 45.0. The Morgan fingerprint density at radius 1 is 0.561 bits per heavy atom. The highest BCUT2D eigenvalue weighted by Crippen LogP contribution is 2.42. The molecule has 3 nitrogen and oxygen atoms in total. The van der Waals surface area contributed by atoms with Crippen molar-refractivity contribution in [2.24, 2.45) is 0 Å². The van der Waals surface area contributed by atoms with Gasteiger partial charge >= 0.3 is 0 Å². The summed E-state index contributed by atoms with van der Waals surface area (Å²) in [7, 11) is 0. The summed E-state index contributed by atoms with van der Waals surface area (Å²) in [5.41, 5.74) is 8.14. The molecule has 2 heterocycles. The number of benzene rings is 6. The van der Waals surface area contributed by atoms with Crippen LogP contribution in [0.2, 0.25) is 0 Å². The lowest BCUT2D eigenvalue weighted by Gasteiger charge is -2.09. The number of hydrogen-bond donors (Lipinski definition) is 1. The van der Waals surface area contributed by atoms with Crippen molar-refractivity contribution in [2.75, 3.05) is 0 Å². The molecule has 0 aliphatic rings. The molecule has 0 aliphatic carbocycles. The minimum Gasteiger partial charge on any atom is -0.506 e. The first-order valence-corrected chi connectivity index (χ1v) is 13.6. The molecule has 0 amide bonds. The maximum absolute atomic E-state index is 11.2. The highest BCUT2D eigenvalue weighted by Gasteiger charge is 2.19. The molecule has 0 atom stereocenters. The van der Waals surface area contributed by atoms with Crippen molar-refractivity contribution in [3.63, 3.8) is 0 Å². The molecule has 6 aromatic carbocycles. The quantitative estimate of drug-likeness (QED) is 0.228. The third kappa shape index (κ3) is 3.70. The summed E-state index contributed by atoms with van der Waals surface area (Å²) < 4.78 is 8.42. The van der Waals surface area contributed by atoms with Crippen LogP contribution in [0.5, 0.6) is 5.75 Å². The van der Waals surface area contributed by atoms with Crippen molar-refractivity contribution >= 4 is 43.7 Å². The molecule has 0 saturated carbocycles. The fraction of sp³-hybridized carbons (Fsp3) is 0. The Morgan fingerprint density at radius 3 is 2.07 bits per heavy atom. The maximum Gasteiger partial charge on any atom is 0.139 e. The second-order valence-electron chi connectivity index (χ2n) is 10.2. The molecule has 0 aliphatic heterocycles. The summed E-state index contributed by atoms with van der Waals surface area (Å²) in [5, 5.41) is 15.5. The Balaban J connectivity index is 1.36. The fourth-order valence-corrected chi connectivity index (χ4v) is 5.93. The summed E-state index contributed by atoms with van der Waals surface area (Å²) in [6.07, 6.45) is 0. The average molecular weight is 526 g/mol. The lowest BCUT2D eigenvalue weighted by Crippen LogP contribution is -1.92. The number of fused-ring (bicyclic) bond motifs is 6. The van der Waals surface area contributed by atoms with E-state index in [0.29, 0.717) is 11.1 Å². The van der Waals surface area contributed by atoms with Crippen LogP contribution < -0.4 is 0 Å². The van der Waals surface area contributed by atoms with Crippen molar-refractivity contribution < 1.29 is 9.52 Å². The van der Waals surface area contributed by atoms with E-state index in [1.807, 2.05) is 54.6 Å². The Morgan fingerprint density at radius 2 is 1.24 bits per heavy atom. The van der Waals surface area contributed by atoms with Gasteiger partial charge in [0.2, 0.25) is 0 Å². The van der Waals surface area contributed by atoms with Gasteiger partial charge in [0.25, 0.3) is 0 Å². The predicted molar refractivity (Wildman–Crippen MR) is 168 cm³/mol. The third-order valence-corrected chi connectivity index (χ3v) is 7.73. The molecule has 0 bridgehead atoms. The molecule has 0 fully saturated rings. The smallest absolute Gasteiger partial charge is 0.139 e. The number of aromatic hydroxyl groups is 1. The van der Waals surface area contributed by atoms with Gasteiger partial charge in [0.05, 0.1) is 16.6 Å². The summed E-state index contributed by atoms with van der Waals surface area (Å²) in [4.78, 5) is 0. The molecule has 0 unspecified atom stereocenters. The molecule has 8 aromatic rings. The molecule has 0 spiro atoms. The van der Waals surface area contributed by atoms with Crippen LogP contribution in [0.3, 0.4) is 0 Å². The van der Waals surface area contributed by atoms with E-state index in [9.17, 15) is 5.11 Å². The van der Waals surface area contributed by atoms with Gasteiger partial charge in [-0.25, -0.2) is 0 Å². The standard InChI is InChI=1S/C38H23NO2/c40-34-24-36-38(30-16-8-10-18-35(30)41-36)37(26-11-3-1-4-12-26)29(34)21-19-25-20-22-33-31(23-25)28-15-7-9-17-32(28)39(33)27-13-5-2-6-14-27/h1-18,20,22-24,40H. The van der Waals surface area contributed by atoms with Gasteiger partial charge in [-0.3, -0.25) is 0 Å². The van der Waals surface area contributed by atoms with Gasteiger partial charge in [-0.2, -0.15) is 0 Å². The van der Waals surface area contributed by atoms with Crippen molar-refractivity contribution in [1.29, 1.82) is 0 Å². The Bertz CT molecular complexity index is 2310. The summed E-state index contributed by atoms with van der Waals surface area (Å²) >= 11 is 0. The van der Waals surface area contributed by atoms with Crippen LogP contribution >= 0.6 is 0 Å². The molecule has 192 valence electrons. The minimum absolute atomic E-state index is 0.102. The first-order chi connectivity index (χ1) is 20.3. The zero-order valence-electron chi connectivity index (χ0n) is 22.0. The molecule has 2 aromatic heterocycles. The maximum atomic E-state index is 11.2. The lowest BCUT2D eigenvalue weighted by atomic mass is 9.93. The number of nitrogens with zero attached hydrogens (tertiary/aromatic N) is 1. The summed E-state index contributed by atoms with van der Waals surface area (Å²) in [6.45, 7) is 0. The second kappa shape index (κ2) is 9.19. The molecule has 0 radical (unpaired) electrons. The minimum atomic E-state index is 0.102. The lowest BCUT2D eigenvalue weighted by molar-refractivity contribution is 0.473. The van der Waals surface area contributed by atoms with Gasteiger partial charge < -0.3 is 14.1 Å². The van der Waals surface area contributed by atoms with Gasteiger partial charge in [-0.15, -0.1) is 0 Å². The Kier molecular flexibility index (Phi) is 5.20. The normalized spacial score (nSPS) is 11.3. The van der Waals surface area contributed by atoms with Crippen molar-refractivity contribution in [3.05, 3.63) is 145 Å². The number of aromatic nitrogens is 1. The van der Waals surface area contributed by atoms with E-state index in [1.54, 1.807) is 6.07 Å². The van der Waals surface area contributed by atoms with E-state index < -0.39 is 0 Å². The fourth-order valence-electron chi connectivity index (χ4n) is 5.93. The molecular formula is C38H23NO2. The molecular weight excluding hydrogens is 502 g/mol. The van der Waals surface area contributed by atoms with E-state index in [-0.39, 0.29) is 5.75 Å². The van der Waals surface area contributed by atoms with Crippen LogP contribution in [-0.4, -0.2) is 9.67 Å². The Hall–Kier alpha value is -5.72. The molecule has 41 heavy (non-hydrogen) atoms. The van der Waals surface area contributed by atoms with Crippen molar-refractivity contribution in [1.82, 2.24) is 4.57 Å². The monoisotopic (exact) mass is 525 g/mol. The van der Waals surface area contributed by atoms with Crippen LogP contribution in [0.25, 0.3) is 60.6 Å². The topological polar surface area (TPSA) is 38.3 Å². The zero-order valence-corrected chi connectivity index (χ0v) is 22.0. The van der Waals surface area contributed by atoms with Crippen molar-refractivity contribution in [3.8, 4) is 34.4 Å². The first-order valence-electron chi connectivity index (χ1n) is 13.6. The number of furan rings is 1. The molecule has 3 heteroatoms. The van der Waals surface area contributed by atoms with Crippen LogP contribution in [0.15, 0.2) is 138 Å². The first kappa shape index (κ1) is 23.2. The number of para-hydroxylation sites is 3. The van der Waals surface area contributed by atoms with E-state index in [0.717, 1.165) is 55.2 Å². The highest BCUT2D eigenvalue weighted by molar-refractivity contribution is 6.14. The molecule has 0 saturated heterocycles. The van der Waals surface area contributed by atoms with E-state index in [2.05, 4.69) is 89.2 Å². The molecule has 8 rings (SSSR count). The van der Waals surface area contributed by atoms with Gasteiger partial charge in [-0.1, -0.05) is 96.8 Å². The van der Waals surface area contributed by atoms with E-state index in [1.165, 1.54) is 5.39 Å². The largest absolute Gasteiger partial charge is 0.506 e. The number of rotatable bonds is 2. The van der Waals surface area contributed by atoms with Gasteiger partial charge in [0, 0.05) is 44.4 Å². The van der Waals surface area contributed by atoms with Gasteiger partial charge in [0.15, 0.2) is 0 Å². The Labute approximate surface area is 236 Å². The molecule has 1 N–H and O–H groups in total. The van der Waals surface area contributed by atoms with E-state index in [4.69, 9.17) is 4.42 Å².